The van der Waals surface area contributed by atoms with Crippen LogP contribution in [0.3, 0.4) is 0 Å². The highest BCUT2D eigenvalue weighted by Gasteiger charge is 2.11. The van der Waals surface area contributed by atoms with Crippen molar-refractivity contribution in [3.63, 3.8) is 0 Å². The van der Waals surface area contributed by atoms with Crippen LogP contribution in [0.1, 0.15) is 24.2 Å². The number of benzene rings is 1. The van der Waals surface area contributed by atoms with E-state index in [9.17, 15) is 0 Å². The van der Waals surface area contributed by atoms with E-state index in [1.807, 2.05) is 23.0 Å². The third-order valence-corrected chi connectivity index (χ3v) is 3.99. The number of hydrogen-bond acceptors (Lipinski definition) is 3. The number of nitrogens with zero attached hydrogens (tertiary/aromatic N) is 1. The summed E-state index contributed by atoms with van der Waals surface area (Å²) in [6, 6.07) is 5.82. The predicted molar refractivity (Wildman–Crippen MR) is 73.8 cm³/mol. The van der Waals surface area contributed by atoms with E-state index >= 15 is 0 Å². The Morgan fingerprint density at radius 3 is 2.94 bits per heavy atom. The van der Waals surface area contributed by atoms with Gasteiger partial charge in [-0.1, -0.05) is 35.3 Å². The normalized spacial score (nSPS) is 12.6. The van der Waals surface area contributed by atoms with Crippen LogP contribution in [0.5, 0.6) is 0 Å². The molecule has 5 heteroatoms. The molecule has 0 radical (unpaired) electrons. The molecule has 1 atom stereocenters. The van der Waals surface area contributed by atoms with Crippen molar-refractivity contribution in [3.05, 3.63) is 50.4 Å². The summed E-state index contributed by atoms with van der Waals surface area (Å²) in [7, 11) is 0. The number of nitrogens with one attached hydrogen (secondary N) is 1. The molecule has 2 aromatic rings. The molecular weight excluding hydrogens is 275 g/mol. The minimum atomic E-state index is 0.142. The fraction of sp³-hybridized carbons (Fsp3) is 0.250. The minimum absolute atomic E-state index is 0.142. The van der Waals surface area contributed by atoms with Crippen molar-refractivity contribution >= 4 is 34.5 Å². The van der Waals surface area contributed by atoms with E-state index in [-0.39, 0.29) is 6.04 Å². The lowest BCUT2D eigenvalue weighted by Crippen LogP contribution is -2.18. The summed E-state index contributed by atoms with van der Waals surface area (Å²) in [5.41, 5.74) is 3.88. The maximum absolute atomic E-state index is 6.16. The van der Waals surface area contributed by atoms with E-state index < -0.39 is 0 Å². The molecule has 90 valence electrons. The lowest BCUT2D eigenvalue weighted by Gasteiger charge is -2.15. The molecule has 0 aliphatic carbocycles. The fourth-order valence-corrected chi connectivity index (χ4v) is 2.58. The standard InChI is InChI=1S/C12H12Cl2N2S/c1-8(15-5-9-6-17-7-16-9)10-3-2-4-11(13)12(10)14/h2-4,6-8,15H,5H2,1H3. The van der Waals surface area contributed by atoms with Gasteiger partial charge in [-0.15, -0.1) is 11.3 Å². The molecule has 2 nitrogen and oxygen atoms in total. The first kappa shape index (κ1) is 12.8. The van der Waals surface area contributed by atoms with Gasteiger partial charge in [-0.05, 0) is 18.6 Å². The van der Waals surface area contributed by atoms with Crippen LogP contribution in [0.2, 0.25) is 10.0 Å². The zero-order valence-corrected chi connectivity index (χ0v) is 11.6. The molecule has 1 aromatic carbocycles. The van der Waals surface area contributed by atoms with Crippen LogP contribution in [0.4, 0.5) is 0 Å². The number of hydrogen-bond donors (Lipinski definition) is 1. The Hall–Kier alpha value is -0.610. The first-order valence-corrected chi connectivity index (χ1v) is 6.92. The molecule has 1 aromatic heterocycles. The molecule has 0 saturated carbocycles. The van der Waals surface area contributed by atoms with Crippen molar-refractivity contribution in [2.24, 2.45) is 0 Å². The van der Waals surface area contributed by atoms with E-state index in [4.69, 9.17) is 23.2 Å². The molecule has 0 aliphatic rings. The summed E-state index contributed by atoms with van der Waals surface area (Å²) in [6.07, 6.45) is 0. The molecule has 2 rings (SSSR count). The zero-order valence-electron chi connectivity index (χ0n) is 9.28. The Morgan fingerprint density at radius 1 is 1.41 bits per heavy atom. The van der Waals surface area contributed by atoms with Gasteiger partial charge >= 0.3 is 0 Å². The van der Waals surface area contributed by atoms with Gasteiger partial charge in [0.2, 0.25) is 0 Å². The lowest BCUT2D eigenvalue weighted by atomic mass is 10.1. The van der Waals surface area contributed by atoms with E-state index in [0.29, 0.717) is 10.0 Å². The lowest BCUT2D eigenvalue weighted by molar-refractivity contribution is 0.569. The molecular formula is C12H12Cl2N2S. The number of aromatic nitrogens is 1. The summed E-state index contributed by atoms with van der Waals surface area (Å²) < 4.78 is 0. The Bertz CT molecular complexity index is 485. The van der Waals surface area contributed by atoms with Gasteiger partial charge in [0.05, 0.1) is 21.2 Å². The van der Waals surface area contributed by atoms with Gasteiger partial charge in [-0.3, -0.25) is 0 Å². The van der Waals surface area contributed by atoms with Crippen LogP contribution in [0, 0.1) is 0 Å². The number of thiazole rings is 1. The summed E-state index contributed by atoms with van der Waals surface area (Å²) in [5, 5.41) is 6.60. The van der Waals surface area contributed by atoms with Crippen molar-refractivity contribution in [1.82, 2.24) is 10.3 Å². The van der Waals surface area contributed by atoms with Crippen molar-refractivity contribution in [1.29, 1.82) is 0 Å². The highest BCUT2D eigenvalue weighted by atomic mass is 35.5. The topological polar surface area (TPSA) is 24.9 Å². The molecule has 0 spiro atoms. The number of halogens is 2. The molecule has 0 aliphatic heterocycles. The van der Waals surface area contributed by atoms with Crippen LogP contribution in [0.25, 0.3) is 0 Å². The SMILES string of the molecule is CC(NCc1cscn1)c1cccc(Cl)c1Cl. The van der Waals surface area contributed by atoms with Gasteiger partial charge in [0.15, 0.2) is 0 Å². The van der Waals surface area contributed by atoms with Gasteiger partial charge < -0.3 is 5.32 Å². The van der Waals surface area contributed by atoms with Crippen molar-refractivity contribution in [3.8, 4) is 0 Å². The second kappa shape index (κ2) is 5.83. The molecule has 0 amide bonds. The van der Waals surface area contributed by atoms with Crippen molar-refractivity contribution in [2.75, 3.05) is 0 Å². The molecule has 0 bridgehead atoms. The monoisotopic (exact) mass is 286 g/mol. The molecule has 1 N–H and O–H groups in total. The zero-order chi connectivity index (χ0) is 12.3. The molecule has 1 heterocycles. The highest BCUT2D eigenvalue weighted by molar-refractivity contribution is 7.07. The predicted octanol–water partition coefficient (Wildman–Crippen LogP) is 4.30. The van der Waals surface area contributed by atoms with Gasteiger partial charge in [0.1, 0.15) is 0 Å². The van der Waals surface area contributed by atoms with Crippen LogP contribution < -0.4 is 5.32 Å². The summed E-state index contributed by atoms with van der Waals surface area (Å²) in [5.74, 6) is 0. The summed E-state index contributed by atoms with van der Waals surface area (Å²) in [4.78, 5) is 4.22. The highest BCUT2D eigenvalue weighted by Crippen LogP contribution is 2.29. The van der Waals surface area contributed by atoms with Crippen LogP contribution >= 0.6 is 34.5 Å². The number of rotatable bonds is 4. The average Bonchev–Trinajstić information content (AvgIpc) is 2.82. The van der Waals surface area contributed by atoms with Gasteiger partial charge in [0.25, 0.3) is 0 Å². The van der Waals surface area contributed by atoms with E-state index in [1.54, 1.807) is 17.4 Å². The largest absolute Gasteiger partial charge is 0.304 e. The van der Waals surface area contributed by atoms with E-state index in [0.717, 1.165) is 17.8 Å². The fourth-order valence-electron chi connectivity index (χ4n) is 1.55. The van der Waals surface area contributed by atoms with Crippen LogP contribution in [-0.2, 0) is 6.54 Å². The Morgan fingerprint density at radius 2 is 2.24 bits per heavy atom. The maximum Gasteiger partial charge on any atom is 0.0795 e. The van der Waals surface area contributed by atoms with Gasteiger partial charge in [-0.25, -0.2) is 4.98 Å². The molecule has 0 saturated heterocycles. The van der Waals surface area contributed by atoms with Crippen LogP contribution in [-0.4, -0.2) is 4.98 Å². The Kier molecular flexibility index (Phi) is 4.40. The van der Waals surface area contributed by atoms with Crippen molar-refractivity contribution in [2.45, 2.75) is 19.5 Å². The third kappa shape index (κ3) is 3.19. The quantitative estimate of drug-likeness (QED) is 0.906. The molecule has 0 fully saturated rings. The summed E-state index contributed by atoms with van der Waals surface area (Å²) >= 11 is 13.7. The first-order valence-electron chi connectivity index (χ1n) is 5.23. The van der Waals surface area contributed by atoms with E-state index in [2.05, 4.69) is 17.2 Å². The first-order chi connectivity index (χ1) is 8.18. The average molecular weight is 287 g/mol. The smallest absolute Gasteiger partial charge is 0.0795 e. The van der Waals surface area contributed by atoms with Gasteiger partial charge in [0, 0.05) is 18.0 Å². The maximum atomic E-state index is 6.16. The molecule has 1 unspecified atom stereocenters. The van der Waals surface area contributed by atoms with Crippen molar-refractivity contribution < 1.29 is 0 Å². The van der Waals surface area contributed by atoms with Gasteiger partial charge in [-0.2, -0.15) is 0 Å². The Labute approximate surface area is 115 Å². The van der Waals surface area contributed by atoms with E-state index in [1.165, 1.54) is 0 Å². The third-order valence-electron chi connectivity index (χ3n) is 2.52. The second-order valence-electron chi connectivity index (χ2n) is 3.73. The molecule has 17 heavy (non-hydrogen) atoms. The summed E-state index contributed by atoms with van der Waals surface area (Å²) in [6.45, 7) is 2.79. The Balaban J connectivity index is 2.04. The minimum Gasteiger partial charge on any atom is -0.304 e. The van der Waals surface area contributed by atoms with Crippen LogP contribution in [0.15, 0.2) is 29.1 Å². The second-order valence-corrected chi connectivity index (χ2v) is 5.23.